The number of anilines is 2. The minimum absolute atomic E-state index is 0.0862. The number of hydrogen-bond donors (Lipinski definition) is 2. The van der Waals surface area contributed by atoms with E-state index in [1.54, 1.807) is 0 Å². The van der Waals surface area contributed by atoms with E-state index in [0.717, 1.165) is 22.5 Å². The van der Waals surface area contributed by atoms with Gasteiger partial charge in [0.2, 0.25) is 5.91 Å². The van der Waals surface area contributed by atoms with Gasteiger partial charge in [-0.2, -0.15) is 0 Å². The molecule has 1 heterocycles. The number of thiazole rings is 1. The van der Waals surface area contributed by atoms with Crippen molar-refractivity contribution in [3.8, 4) is 0 Å². The number of nitrogens with one attached hydrogen (secondary N) is 2. The summed E-state index contributed by atoms with van der Waals surface area (Å²) < 4.78 is 12.9. The van der Waals surface area contributed by atoms with E-state index in [9.17, 15) is 14.0 Å². The predicted molar refractivity (Wildman–Crippen MR) is 109 cm³/mol. The molecular formula is C21H20FN3O2S. The van der Waals surface area contributed by atoms with Crippen LogP contribution in [0.2, 0.25) is 0 Å². The van der Waals surface area contributed by atoms with Gasteiger partial charge in [0.1, 0.15) is 5.82 Å². The van der Waals surface area contributed by atoms with Crippen LogP contribution in [0.25, 0.3) is 0 Å². The average Bonchev–Trinajstić information content (AvgIpc) is 3.10. The largest absolute Gasteiger partial charge is 0.326 e. The van der Waals surface area contributed by atoms with E-state index in [0.29, 0.717) is 23.5 Å². The molecule has 0 spiro atoms. The Morgan fingerprint density at radius 1 is 1.07 bits per heavy atom. The van der Waals surface area contributed by atoms with Crippen molar-refractivity contribution in [2.75, 3.05) is 10.6 Å². The first-order valence-electron chi connectivity index (χ1n) is 8.79. The van der Waals surface area contributed by atoms with E-state index in [2.05, 4.69) is 15.6 Å². The molecule has 2 amide bonds. The van der Waals surface area contributed by atoms with E-state index in [-0.39, 0.29) is 11.8 Å². The van der Waals surface area contributed by atoms with Crippen molar-refractivity contribution in [3.63, 3.8) is 0 Å². The minimum atomic E-state index is -0.396. The van der Waals surface area contributed by atoms with E-state index in [1.807, 2.05) is 37.4 Å². The topological polar surface area (TPSA) is 71.1 Å². The van der Waals surface area contributed by atoms with Crippen molar-refractivity contribution < 1.29 is 14.0 Å². The number of rotatable bonds is 6. The summed E-state index contributed by atoms with van der Waals surface area (Å²) in [6.07, 6.45) is 0.766. The number of nitrogens with zero attached hydrogens (tertiary/aromatic N) is 1. The Kier molecular flexibility index (Phi) is 6.16. The number of amides is 2. The van der Waals surface area contributed by atoms with Crippen LogP contribution in [0.4, 0.5) is 15.2 Å². The SMILES string of the molecule is Cc1ccc(NC(=O)CCc2csc(NC(=O)c3ccc(F)cc3)n2)c(C)c1. The van der Waals surface area contributed by atoms with Gasteiger partial charge < -0.3 is 5.32 Å². The van der Waals surface area contributed by atoms with Crippen LogP contribution in [0.15, 0.2) is 47.8 Å². The van der Waals surface area contributed by atoms with Gasteiger partial charge >= 0.3 is 0 Å². The lowest BCUT2D eigenvalue weighted by molar-refractivity contribution is -0.116. The molecule has 0 atom stereocenters. The summed E-state index contributed by atoms with van der Waals surface area (Å²) in [5, 5.41) is 7.85. The summed E-state index contributed by atoms with van der Waals surface area (Å²) in [6, 6.07) is 11.2. The molecule has 2 aromatic carbocycles. The summed E-state index contributed by atoms with van der Waals surface area (Å²) in [5.74, 6) is -0.836. The second kappa shape index (κ2) is 8.75. The lowest BCUT2D eigenvalue weighted by atomic mass is 10.1. The molecule has 2 N–H and O–H groups in total. The Labute approximate surface area is 166 Å². The second-order valence-electron chi connectivity index (χ2n) is 6.47. The Bertz CT molecular complexity index is 999. The molecule has 0 aliphatic carbocycles. The molecule has 0 radical (unpaired) electrons. The van der Waals surface area contributed by atoms with Crippen molar-refractivity contribution in [3.05, 3.63) is 76.0 Å². The molecule has 0 bridgehead atoms. The van der Waals surface area contributed by atoms with Gasteiger partial charge in [-0.3, -0.25) is 14.9 Å². The summed E-state index contributed by atoms with van der Waals surface area (Å²) in [6.45, 7) is 3.96. The molecule has 5 nitrogen and oxygen atoms in total. The average molecular weight is 397 g/mol. The Morgan fingerprint density at radius 3 is 2.54 bits per heavy atom. The maximum absolute atomic E-state index is 12.9. The number of halogens is 1. The highest BCUT2D eigenvalue weighted by atomic mass is 32.1. The molecule has 144 valence electrons. The zero-order chi connectivity index (χ0) is 20.1. The molecular weight excluding hydrogens is 377 g/mol. The van der Waals surface area contributed by atoms with Crippen LogP contribution in [0.5, 0.6) is 0 Å². The highest BCUT2D eigenvalue weighted by Gasteiger charge is 2.11. The van der Waals surface area contributed by atoms with Crippen LogP contribution in [-0.2, 0) is 11.2 Å². The fraction of sp³-hybridized carbons (Fsp3) is 0.190. The van der Waals surface area contributed by atoms with Gasteiger partial charge in [-0.1, -0.05) is 17.7 Å². The van der Waals surface area contributed by atoms with Gasteiger partial charge in [-0.25, -0.2) is 9.37 Å². The minimum Gasteiger partial charge on any atom is -0.326 e. The molecule has 3 aromatic rings. The van der Waals surface area contributed by atoms with Gasteiger partial charge in [0.15, 0.2) is 5.13 Å². The summed E-state index contributed by atoms with van der Waals surface area (Å²) in [7, 11) is 0. The van der Waals surface area contributed by atoms with Gasteiger partial charge in [0, 0.05) is 23.1 Å². The molecule has 0 unspecified atom stereocenters. The fourth-order valence-corrected chi connectivity index (χ4v) is 3.40. The fourth-order valence-electron chi connectivity index (χ4n) is 2.66. The molecule has 0 aliphatic heterocycles. The van der Waals surface area contributed by atoms with E-state index >= 15 is 0 Å². The van der Waals surface area contributed by atoms with Crippen LogP contribution in [0.3, 0.4) is 0 Å². The molecule has 7 heteroatoms. The van der Waals surface area contributed by atoms with Crippen LogP contribution < -0.4 is 10.6 Å². The molecule has 0 aliphatic rings. The number of carbonyl (C=O) groups is 2. The van der Waals surface area contributed by atoms with Crippen molar-refractivity contribution in [2.45, 2.75) is 26.7 Å². The Balaban J connectivity index is 1.52. The molecule has 3 rings (SSSR count). The van der Waals surface area contributed by atoms with Gasteiger partial charge in [0.05, 0.1) is 5.69 Å². The molecule has 28 heavy (non-hydrogen) atoms. The Hall–Kier alpha value is -3.06. The third kappa shape index (κ3) is 5.23. The number of hydrogen-bond acceptors (Lipinski definition) is 4. The second-order valence-corrected chi connectivity index (χ2v) is 7.33. The van der Waals surface area contributed by atoms with E-state index in [1.165, 1.54) is 35.6 Å². The maximum atomic E-state index is 12.9. The highest BCUT2D eigenvalue weighted by molar-refractivity contribution is 7.14. The van der Waals surface area contributed by atoms with Crippen LogP contribution in [0.1, 0.15) is 33.6 Å². The molecule has 0 saturated heterocycles. The first-order chi connectivity index (χ1) is 13.4. The van der Waals surface area contributed by atoms with Crippen LogP contribution in [-0.4, -0.2) is 16.8 Å². The third-order valence-corrected chi connectivity index (χ3v) is 4.95. The zero-order valence-electron chi connectivity index (χ0n) is 15.6. The van der Waals surface area contributed by atoms with Gasteiger partial charge in [-0.15, -0.1) is 11.3 Å². The van der Waals surface area contributed by atoms with Crippen molar-refractivity contribution in [1.82, 2.24) is 4.98 Å². The van der Waals surface area contributed by atoms with E-state index < -0.39 is 5.82 Å². The summed E-state index contributed by atoms with van der Waals surface area (Å²) in [4.78, 5) is 28.6. The molecule has 1 aromatic heterocycles. The standard InChI is InChI=1S/C21H20FN3O2S/c1-13-3-9-18(14(2)11-13)24-19(26)10-8-17-12-28-21(23-17)25-20(27)15-4-6-16(22)7-5-15/h3-7,9,11-12H,8,10H2,1-2H3,(H,24,26)(H,23,25,27). The monoisotopic (exact) mass is 397 g/mol. The lowest BCUT2D eigenvalue weighted by Crippen LogP contribution is -2.13. The first kappa shape index (κ1) is 19.7. The number of aromatic nitrogens is 1. The van der Waals surface area contributed by atoms with Gasteiger partial charge in [-0.05, 0) is 56.2 Å². The summed E-state index contributed by atoms with van der Waals surface area (Å²) >= 11 is 1.29. The van der Waals surface area contributed by atoms with E-state index in [4.69, 9.17) is 0 Å². The molecule has 0 saturated carbocycles. The van der Waals surface area contributed by atoms with Crippen LogP contribution in [0, 0.1) is 19.7 Å². The maximum Gasteiger partial charge on any atom is 0.257 e. The Morgan fingerprint density at radius 2 is 1.82 bits per heavy atom. The first-order valence-corrected chi connectivity index (χ1v) is 9.67. The lowest BCUT2D eigenvalue weighted by Gasteiger charge is -2.08. The normalized spacial score (nSPS) is 10.5. The number of benzene rings is 2. The third-order valence-electron chi connectivity index (χ3n) is 4.14. The highest BCUT2D eigenvalue weighted by Crippen LogP contribution is 2.19. The van der Waals surface area contributed by atoms with Crippen molar-refractivity contribution in [1.29, 1.82) is 0 Å². The molecule has 0 fully saturated rings. The quantitative estimate of drug-likeness (QED) is 0.632. The van der Waals surface area contributed by atoms with Crippen molar-refractivity contribution in [2.24, 2.45) is 0 Å². The van der Waals surface area contributed by atoms with Crippen LogP contribution >= 0.6 is 11.3 Å². The predicted octanol–water partition coefficient (Wildman–Crippen LogP) is 4.72. The zero-order valence-corrected chi connectivity index (χ0v) is 16.4. The van der Waals surface area contributed by atoms with Gasteiger partial charge in [0.25, 0.3) is 5.91 Å². The number of aryl methyl sites for hydroxylation is 3. The smallest absolute Gasteiger partial charge is 0.257 e. The van der Waals surface area contributed by atoms with Crippen molar-refractivity contribution >= 4 is 34.0 Å². The number of carbonyl (C=O) groups excluding carboxylic acids is 2. The summed E-state index contributed by atoms with van der Waals surface area (Å²) in [5.41, 5.74) is 4.06.